The van der Waals surface area contributed by atoms with Gasteiger partial charge in [-0.1, -0.05) is 55.8 Å². The van der Waals surface area contributed by atoms with Gasteiger partial charge >= 0.3 is 0 Å². The van der Waals surface area contributed by atoms with E-state index in [9.17, 15) is 0 Å². The van der Waals surface area contributed by atoms with Crippen molar-refractivity contribution < 1.29 is 4.74 Å². The number of allylic oxidation sites excluding steroid dienone is 1. The lowest BCUT2D eigenvalue weighted by molar-refractivity contribution is 0.102. The minimum Gasteiger partial charge on any atom is -0.375 e. The molecule has 0 aliphatic carbocycles. The van der Waals surface area contributed by atoms with Crippen LogP contribution >= 0.6 is 0 Å². The average molecular weight is 232 g/mol. The highest BCUT2D eigenvalue weighted by molar-refractivity contribution is 5.22. The molecular formula is C16H24O. The molecule has 0 fully saturated rings. The van der Waals surface area contributed by atoms with Crippen molar-refractivity contribution in [3.63, 3.8) is 0 Å². The summed E-state index contributed by atoms with van der Waals surface area (Å²) < 4.78 is 5.58. The molecule has 0 amide bonds. The van der Waals surface area contributed by atoms with Crippen LogP contribution in [0.2, 0.25) is 0 Å². The molecule has 0 spiro atoms. The highest BCUT2D eigenvalue weighted by atomic mass is 16.5. The number of rotatable bonds is 6. The molecule has 0 saturated carbocycles. The van der Waals surface area contributed by atoms with Gasteiger partial charge < -0.3 is 4.74 Å². The Hall–Kier alpha value is -1.08. The van der Waals surface area contributed by atoms with Crippen molar-refractivity contribution in [2.45, 2.75) is 40.2 Å². The summed E-state index contributed by atoms with van der Waals surface area (Å²) in [5.41, 5.74) is 2.83. The normalized spacial score (nSPS) is 12.5. The van der Waals surface area contributed by atoms with E-state index in [1.54, 1.807) is 0 Å². The lowest BCUT2D eigenvalue weighted by Gasteiger charge is -2.13. The van der Waals surface area contributed by atoms with E-state index in [-0.39, 0.29) is 0 Å². The lowest BCUT2D eigenvalue weighted by Crippen LogP contribution is -2.05. The first-order valence-corrected chi connectivity index (χ1v) is 6.44. The van der Waals surface area contributed by atoms with Crippen LogP contribution in [0.3, 0.4) is 0 Å². The van der Waals surface area contributed by atoms with Crippen LogP contribution in [0.1, 0.15) is 33.3 Å². The second-order valence-electron chi connectivity index (χ2n) is 4.98. The summed E-state index contributed by atoms with van der Waals surface area (Å²) in [4.78, 5) is 0. The fraction of sp³-hybridized carbons (Fsp3) is 0.500. The molecule has 1 heteroatoms. The maximum atomic E-state index is 5.58. The molecule has 0 bridgehead atoms. The Kier molecular flexibility index (Phi) is 5.99. The summed E-state index contributed by atoms with van der Waals surface area (Å²) in [5.74, 6) is 0.575. The van der Waals surface area contributed by atoms with E-state index in [4.69, 9.17) is 4.74 Å². The molecule has 1 rings (SSSR count). The molecule has 0 radical (unpaired) electrons. The third-order valence-electron chi connectivity index (χ3n) is 2.77. The van der Waals surface area contributed by atoms with Crippen LogP contribution in [0.25, 0.3) is 0 Å². The second kappa shape index (κ2) is 7.29. The van der Waals surface area contributed by atoms with Gasteiger partial charge in [0.2, 0.25) is 0 Å². The standard InChI is InChI=1S/C16H24O/c1-13(2)16(10-11-17-14(3)4)12-15-8-6-5-7-9-15/h5-10,13-14H,11-12H2,1-4H3/b16-10+. The zero-order valence-corrected chi connectivity index (χ0v) is 11.4. The van der Waals surface area contributed by atoms with Gasteiger partial charge in [-0.25, -0.2) is 0 Å². The smallest absolute Gasteiger partial charge is 0.0653 e. The topological polar surface area (TPSA) is 9.23 Å². The van der Waals surface area contributed by atoms with Crippen LogP contribution in [0.4, 0.5) is 0 Å². The molecule has 0 saturated heterocycles. The van der Waals surface area contributed by atoms with Crippen molar-refractivity contribution in [2.24, 2.45) is 5.92 Å². The SMILES string of the molecule is CC(C)OC/C=C(\Cc1ccccc1)C(C)C. The fourth-order valence-electron chi connectivity index (χ4n) is 1.69. The summed E-state index contributed by atoms with van der Waals surface area (Å²) >= 11 is 0. The summed E-state index contributed by atoms with van der Waals surface area (Å²) in [6.07, 6.45) is 3.56. The molecule has 0 unspecified atom stereocenters. The molecule has 1 nitrogen and oxygen atoms in total. The Morgan fingerprint density at radius 3 is 2.29 bits per heavy atom. The van der Waals surface area contributed by atoms with Crippen molar-refractivity contribution in [3.8, 4) is 0 Å². The number of benzene rings is 1. The molecule has 94 valence electrons. The average Bonchev–Trinajstić information content (AvgIpc) is 2.28. The maximum absolute atomic E-state index is 5.58. The lowest BCUT2D eigenvalue weighted by atomic mass is 9.95. The van der Waals surface area contributed by atoms with Gasteiger partial charge in [-0.05, 0) is 31.7 Å². The minimum atomic E-state index is 0.302. The first-order chi connectivity index (χ1) is 8.09. The largest absolute Gasteiger partial charge is 0.375 e. The third kappa shape index (κ3) is 5.69. The van der Waals surface area contributed by atoms with Gasteiger partial charge in [-0.15, -0.1) is 0 Å². The van der Waals surface area contributed by atoms with Gasteiger partial charge in [0, 0.05) is 0 Å². The van der Waals surface area contributed by atoms with E-state index in [1.165, 1.54) is 11.1 Å². The molecule has 0 aromatic heterocycles. The van der Waals surface area contributed by atoms with Gasteiger partial charge in [-0.2, -0.15) is 0 Å². The Morgan fingerprint density at radius 2 is 1.76 bits per heavy atom. The molecule has 17 heavy (non-hydrogen) atoms. The fourth-order valence-corrected chi connectivity index (χ4v) is 1.69. The molecule has 0 N–H and O–H groups in total. The Balaban J connectivity index is 2.60. The summed E-state index contributed by atoms with van der Waals surface area (Å²) in [7, 11) is 0. The van der Waals surface area contributed by atoms with Crippen molar-refractivity contribution in [1.82, 2.24) is 0 Å². The maximum Gasteiger partial charge on any atom is 0.0653 e. The van der Waals surface area contributed by atoms with Gasteiger partial charge in [-0.3, -0.25) is 0 Å². The Bertz CT molecular complexity index is 336. The van der Waals surface area contributed by atoms with Crippen LogP contribution in [0.15, 0.2) is 42.0 Å². The Morgan fingerprint density at radius 1 is 1.12 bits per heavy atom. The van der Waals surface area contributed by atoms with Crippen LogP contribution in [0.5, 0.6) is 0 Å². The highest BCUT2D eigenvalue weighted by Crippen LogP contribution is 2.16. The van der Waals surface area contributed by atoms with E-state index in [2.05, 4.69) is 64.1 Å². The van der Waals surface area contributed by atoms with E-state index in [0.29, 0.717) is 12.0 Å². The molecule has 0 heterocycles. The van der Waals surface area contributed by atoms with E-state index < -0.39 is 0 Å². The molecule has 0 aliphatic heterocycles. The number of hydrogen-bond donors (Lipinski definition) is 0. The van der Waals surface area contributed by atoms with Crippen LogP contribution < -0.4 is 0 Å². The van der Waals surface area contributed by atoms with Gasteiger partial charge in [0.1, 0.15) is 0 Å². The van der Waals surface area contributed by atoms with Crippen LogP contribution in [-0.4, -0.2) is 12.7 Å². The molecule has 0 aliphatic rings. The second-order valence-corrected chi connectivity index (χ2v) is 4.98. The summed E-state index contributed by atoms with van der Waals surface area (Å²) in [6.45, 7) is 9.34. The zero-order chi connectivity index (χ0) is 12.7. The van der Waals surface area contributed by atoms with E-state index in [0.717, 1.165) is 13.0 Å². The van der Waals surface area contributed by atoms with Crippen molar-refractivity contribution in [2.75, 3.05) is 6.61 Å². The first kappa shape index (κ1) is 14.0. The Labute approximate surface area is 106 Å². The first-order valence-electron chi connectivity index (χ1n) is 6.44. The predicted octanol–water partition coefficient (Wildman–Crippen LogP) is 4.24. The summed E-state index contributed by atoms with van der Waals surface area (Å²) in [6, 6.07) is 10.6. The predicted molar refractivity (Wildman–Crippen MR) is 74.2 cm³/mol. The number of hydrogen-bond acceptors (Lipinski definition) is 1. The van der Waals surface area contributed by atoms with E-state index in [1.807, 2.05) is 0 Å². The van der Waals surface area contributed by atoms with Crippen molar-refractivity contribution in [1.29, 1.82) is 0 Å². The van der Waals surface area contributed by atoms with Crippen LogP contribution in [0, 0.1) is 5.92 Å². The quantitative estimate of drug-likeness (QED) is 0.667. The molecular weight excluding hydrogens is 208 g/mol. The molecule has 1 aromatic carbocycles. The highest BCUT2D eigenvalue weighted by Gasteiger charge is 2.04. The van der Waals surface area contributed by atoms with Crippen LogP contribution in [-0.2, 0) is 11.2 Å². The van der Waals surface area contributed by atoms with Crippen molar-refractivity contribution in [3.05, 3.63) is 47.5 Å². The number of ether oxygens (including phenoxy) is 1. The third-order valence-corrected chi connectivity index (χ3v) is 2.77. The minimum absolute atomic E-state index is 0.302. The van der Waals surface area contributed by atoms with Crippen molar-refractivity contribution >= 4 is 0 Å². The van der Waals surface area contributed by atoms with Gasteiger partial charge in [0.05, 0.1) is 12.7 Å². The zero-order valence-electron chi connectivity index (χ0n) is 11.4. The molecule has 0 atom stereocenters. The van der Waals surface area contributed by atoms with E-state index >= 15 is 0 Å². The van der Waals surface area contributed by atoms with Gasteiger partial charge in [0.15, 0.2) is 0 Å². The summed E-state index contributed by atoms with van der Waals surface area (Å²) in [5, 5.41) is 0. The van der Waals surface area contributed by atoms with Gasteiger partial charge in [0.25, 0.3) is 0 Å². The monoisotopic (exact) mass is 232 g/mol. The molecule has 1 aromatic rings.